The van der Waals surface area contributed by atoms with E-state index in [-0.39, 0.29) is 11.7 Å². The molecule has 0 aliphatic rings. The van der Waals surface area contributed by atoms with Crippen molar-refractivity contribution in [3.63, 3.8) is 0 Å². The summed E-state index contributed by atoms with van der Waals surface area (Å²) in [5.74, 6) is -0.0716. The van der Waals surface area contributed by atoms with Crippen molar-refractivity contribution < 1.29 is 9.42 Å². The second-order valence-corrected chi connectivity index (χ2v) is 6.96. The van der Waals surface area contributed by atoms with Gasteiger partial charge in [0.1, 0.15) is 4.88 Å². The van der Waals surface area contributed by atoms with Crippen molar-refractivity contribution >= 4 is 44.7 Å². The number of halogens is 1. The van der Waals surface area contributed by atoms with E-state index < -0.39 is 0 Å². The van der Waals surface area contributed by atoms with Gasteiger partial charge in [-0.25, -0.2) is 4.63 Å². The predicted octanol–water partition coefficient (Wildman–Crippen LogP) is 5.17. The topological polar surface area (TPSA) is 68.0 Å². The van der Waals surface area contributed by atoms with Crippen molar-refractivity contribution in [2.45, 2.75) is 6.92 Å². The third-order valence-corrected chi connectivity index (χ3v) is 5.41. The number of hydrogen-bond donors (Lipinski definition) is 1. The second-order valence-electron chi connectivity index (χ2n) is 5.53. The van der Waals surface area contributed by atoms with E-state index in [0.29, 0.717) is 15.6 Å². The summed E-state index contributed by atoms with van der Waals surface area (Å²) in [6, 6.07) is 15.3. The molecule has 0 saturated carbocycles. The highest BCUT2D eigenvalue weighted by atomic mass is 35.5. The van der Waals surface area contributed by atoms with Gasteiger partial charge in [-0.3, -0.25) is 4.79 Å². The number of nitrogens with one attached hydrogen (secondary N) is 1. The smallest absolute Gasteiger partial charge is 0.268 e. The van der Waals surface area contributed by atoms with Gasteiger partial charge in [0.2, 0.25) is 5.82 Å². The molecule has 0 spiro atoms. The van der Waals surface area contributed by atoms with Crippen LogP contribution in [0.5, 0.6) is 0 Å². The number of carbonyl (C=O) groups is 1. The molecule has 0 radical (unpaired) electrons. The first-order chi connectivity index (χ1) is 12.1. The van der Waals surface area contributed by atoms with E-state index in [1.165, 1.54) is 11.3 Å². The van der Waals surface area contributed by atoms with E-state index >= 15 is 0 Å². The standard InChI is InChI=1S/C18H12ClN3O2S/c1-10-7-8-12-13(9-10)25-16(14(12)19)18(23)20-17-15(21-24-22-17)11-5-3-2-4-6-11/h2-9H,1H3,(H,20,22,23). The molecular formula is C18H12ClN3O2S. The third-order valence-electron chi connectivity index (χ3n) is 3.76. The molecule has 0 aliphatic carbocycles. The van der Waals surface area contributed by atoms with E-state index in [9.17, 15) is 4.79 Å². The maximum absolute atomic E-state index is 12.7. The Labute approximate surface area is 152 Å². The first kappa shape index (κ1) is 15.8. The second kappa shape index (κ2) is 6.31. The van der Waals surface area contributed by atoms with Crippen LogP contribution in [0, 0.1) is 6.92 Å². The van der Waals surface area contributed by atoms with Crippen LogP contribution in [0.2, 0.25) is 5.02 Å². The number of nitrogens with zero attached hydrogens (tertiary/aromatic N) is 2. The van der Waals surface area contributed by atoms with Crippen LogP contribution in [0.25, 0.3) is 21.3 Å². The molecule has 0 atom stereocenters. The van der Waals surface area contributed by atoms with Gasteiger partial charge in [-0.1, -0.05) is 54.1 Å². The maximum atomic E-state index is 12.7. The molecule has 0 aliphatic heterocycles. The summed E-state index contributed by atoms with van der Waals surface area (Å²) in [5, 5.41) is 11.7. The lowest BCUT2D eigenvalue weighted by Gasteiger charge is -2.02. The highest BCUT2D eigenvalue weighted by molar-refractivity contribution is 7.21. The van der Waals surface area contributed by atoms with Crippen LogP contribution in [0.4, 0.5) is 5.82 Å². The summed E-state index contributed by atoms with van der Waals surface area (Å²) in [5.41, 5.74) is 2.39. The minimum absolute atomic E-state index is 0.265. The van der Waals surface area contributed by atoms with Crippen LogP contribution in [-0.2, 0) is 0 Å². The lowest BCUT2D eigenvalue weighted by Crippen LogP contribution is -2.11. The van der Waals surface area contributed by atoms with Crippen LogP contribution in [0.1, 0.15) is 15.2 Å². The first-order valence-corrected chi connectivity index (χ1v) is 8.71. The average Bonchev–Trinajstić information content (AvgIpc) is 3.20. The van der Waals surface area contributed by atoms with Crippen molar-refractivity contribution in [2.75, 3.05) is 5.32 Å². The van der Waals surface area contributed by atoms with Gasteiger partial charge in [0.15, 0.2) is 5.69 Å². The summed E-state index contributed by atoms with van der Waals surface area (Å²) in [4.78, 5) is 13.1. The number of rotatable bonds is 3. The highest BCUT2D eigenvalue weighted by Gasteiger charge is 2.21. The number of thiophene rings is 1. The molecule has 2 heterocycles. The predicted molar refractivity (Wildman–Crippen MR) is 99.3 cm³/mol. The summed E-state index contributed by atoms with van der Waals surface area (Å²) in [7, 11) is 0. The zero-order valence-corrected chi connectivity index (χ0v) is 14.7. The molecule has 7 heteroatoms. The normalized spacial score (nSPS) is 11.0. The molecule has 0 saturated heterocycles. The molecule has 25 heavy (non-hydrogen) atoms. The molecule has 0 unspecified atom stereocenters. The molecule has 2 aromatic heterocycles. The average molecular weight is 370 g/mol. The van der Waals surface area contributed by atoms with Crippen molar-refractivity contribution in [2.24, 2.45) is 0 Å². The van der Waals surface area contributed by atoms with E-state index in [0.717, 1.165) is 21.2 Å². The van der Waals surface area contributed by atoms with Crippen molar-refractivity contribution in [3.8, 4) is 11.3 Å². The van der Waals surface area contributed by atoms with E-state index in [2.05, 4.69) is 15.6 Å². The molecule has 5 nitrogen and oxygen atoms in total. The Morgan fingerprint density at radius 2 is 1.96 bits per heavy atom. The van der Waals surface area contributed by atoms with Gasteiger partial charge in [-0.05, 0) is 28.9 Å². The summed E-state index contributed by atoms with van der Waals surface area (Å²) < 4.78 is 5.77. The van der Waals surface area contributed by atoms with E-state index in [1.54, 1.807) is 0 Å². The van der Waals surface area contributed by atoms with Crippen molar-refractivity contribution in [3.05, 3.63) is 64.0 Å². The Hall–Kier alpha value is -2.70. The van der Waals surface area contributed by atoms with Crippen molar-refractivity contribution in [1.29, 1.82) is 0 Å². The molecule has 0 fully saturated rings. The fourth-order valence-corrected chi connectivity index (χ4v) is 4.05. The number of anilines is 1. The maximum Gasteiger partial charge on any atom is 0.268 e. The van der Waals surface area contributed by atoms with Crippen LogP contribution in [0.15, 0.2) is 53.2 Å². The van der Waals surface area contributed by atoms with Gasteiger partial charge in [0, 0.05) is 15.6 Å². The quantitative estimate of drug-likeness (QED) is 0.541. The Kier molecular flexibility index (Phi) is 3.99. The SMILES string of the molecule is Cc1ccc2c(Cl)c(C(=O)Nc3nonc3-c3ccccc3)sc2c1. The Bertz CT molecular complexity index is 1070. The number of fused-ring (bicyclic) bond motifs is 1. The number of aromatic nitrogens is 2. The van der Waals surface area contributed by atoms with Crippen molar-refractivity contribution in [1.82, 2.24) is 10.3 Å². The molecule has 2 aromatic carbocycles. The number of benzene rings is 2. The molecule has 1 N–H and O–H groups in total. The summed E-state index contributed by atoms with van der Waals surface area (Å²) in [6.45, 7) is 2.00. The minimum atomic E-state index is -0.336. The Morgan fingerprint density at radius 1 is 1.16 bits per heavy atom. The lowest BCUT2D eigenvalue weighted by molar-refractivity contribution is 0.103. The fourth-order valence-electron chi connectivity index (χ4n) is 2.54. The number of carbonyl (C=O) groups excluding carboxylic acids is 1. The number of hydrogen-bond acceptors (Lipinski definition) is 5. The summed E-state index contributed by atoms with van der Waals surface area (Å²) in [6.07, 6.45) is 0. The van der Waals surface area contributed by atoms with Crippen LogP contribution < -0.4 is 5.32 Å². The van der Waals surface area contributed by atoms with Gasteiger partial charge < -0.3 is 5.32 Å². The highest BCUT2D eigenvalue weighted by Crippen LogP contribution is 2.36. The molecule has 1 amide bonds. The minimum Gasteiger partial charge on any atom is -0.301 e. The molecular weight excluding hydrogens is 358 g/mol. The van der Waals surface area contributed by atoms with Gasteiger partial charge in [-0.15, -0.1) is 11.3 Å². The van der Waals surface area contributed by atoms with E-state index in [1.807, 2.05) is 55.5 Å². The molecule has 0 bridgehead atoms. The zero-order valence-electron chi connectivity index (χ0n) is 13.1. The first-order valence-electron chi connectivity index (χ1n) is 7.51. The fraction of sp³-hybridized carbons (Fsp3) is 0.0556. The lowest BCUT2D eigenvalue weighted by atomic mass is 10.1. The molecule has 124 valence electrons. The zero-order chi connectivity index (χ0) is 17.4. The van der Waals surface area contributed by atoms with Crippen LogP contribution in [0.3, 0.4) is 0 Å². The number of amides is 1. The van der Waals surface area contributed by atoms with Gasteiger partial charge in [0.25, 0.3) is 5.91 Å². The molecule has 4 aromatic rings. The largest absolute Gasteiger partial charge is 0.301 e. The van der Waals surface area contributed by atoms with Gasteiger partial charge in [0.05, 0.1) is 5.02 Å². The van der Waals surface area contributed by atoms with Gasteiger partial charge >= 0.3 is 0 Å². The summed E-state index contributed by atoms with van der Waals surface area (Å²) >= 11 is 7.74. The Balaban J connectivity index is 1.68. The third kappa shape index (κ3) is 2.90. The Morgan fingerprint density at radius 3 is 2.76 bits per heavy atom. The molecule has 4 rings (SSSR count). The monoisotopic (exact) mass is 369 g/mol. The van der Waals surface area contributed by atoms with Crippen LogP contribution >= 0.6 is 22.9 Å². The van der Waals surface area contributed by atoms with Crippen LogP contribution in [-0.4, -0.2) is 16.2 Å². The van der Waals surface area contributed by atoms with Gasteiger partial charge in [-0.2, -0.15) is 0 Å². The van der Waals surface area contributed by atoms with E-state index in [4.69, 9.17) is 16.2 Å². The number of aryl methyl sites for hydroxylation is 1.